The molecule has 0 aromatic heterocycles. The first-order valence-corrected chi connectivity index (χ1v) is 7.87. The van der Waals surface area contributed by atoms with Crippen LogP contribution in [0.4, 0.5) is 17.1 Å². The van der Waals surface area contributed by atoms with Gasteiger partial charge in [-0.25, -0.2) is 0 Å². The number of benzene rings is 2. The third-order valence-corrected chi connectivity index (χ3v) is 4.21. The highest BCUT2D eigenvalue weighted by Crippen LogP contribution is 2.42. The van der Waals surface area contributed by atoms with E-state index >= 15 is 0 Å². The summed E-state index contributed by atoms with van der Waals surface area (Å²) >= 11 is 0. The molecular formula is C17H15N3O5. The number of hydrogen-bond donors (Lipinski definition) is 1. The number of ether oxygens (including phenoxy) is 2. The van der Waals surface area contributed by atoms with Crippen molar-refractivity contribution in [3.05, 3.63) is 52.1 Å². The van der Waals surface area contributed by atoms with Crippen LogP contribution in [0.5, 0.6) is 11.5 Å². The number of nitrogens with one attached hydrogen (secondary N) is 1. The van der Waals surface area contributed by atoms with Crippen molar-refractivity contribution in [2.45, 2.75) is 0 Å². The lowest BCUT2D eigenvalue weighted by Gasteiger charge is -2.30. The van der Waals surface area contributed by atoms with Crippen LogP contribution < -0.4 is 15.0 Å². The van der Waals surface area contributed by atoms with Crippen LogP contribution in [0.25, 0.3) is 0 Å². The predicted molar refractivity (Wildman–Crippen MR) is 90.6 cm³/mol. The van der Waals surface area contributed by atoms with Crippen LogP contribution in [0.1, 0.15) is 10.4 Å². The Hall–Kier alpha value is -3.13. The number of nitro groups is 1. The van der Waals surface area contributed by atoms with Gasteiger partial charge in [-0.05, 0) is 12.1 Å². The molecule has 4 rings (SSSR count). The summed E-state index contributed by atoms with van der Waals surface area (Å²) in [6, 6.07) is 9.70. The topological polar surface area (TPSA) is 93.9 Å². The molecule has 0 bridgehead atoms. The average Bonchev–Trinajstić information content (AvgIpc) is 2.77. The van der Waals surface area contributed by atoms with E-state index in [-0.39, 0.29) is 17.3 Å². The molecule has 1 saturated heterocycles. The molecule has 2 aromatic rings. The van der Waals surface area contributed by atoms with Gasteiger partial charge in [-0.2, -0.15) is 0 Å². The molecule has 0 unspecified atom stereocenters. The second-order valence-corrected chi connectivity index (χ2v) is 5.75. The number of anilines is 2. The molecule has 1 amide bonds. The number of hydrogen-bond acceptors (Lipinski definition) is 6. The van der Waals surface area contributed by atoms with Crippen molar-refractivity contribution < 1.29 is 19.2 Å². The Labute approximate surface area is 143 Å². The lowest BCUT2D eigenvalue weighted by atomic mass is 10.1. The third kappa shape index (κ3) is 2.76. The van der Waals surface area contributed by atoms with Crippen LogP contribution in [0.3, 0.4) is 0 Å². The fraction of sp³-hybridized carbons (Fsp3) is 0.235. The minimum atomic E-state index is -0.484. The number of rotatable bonds is 2. The Morgan fingerprint density at radius 1 is 1.12 bits per heavy atom. The van der Waals surface area contributed by atoms with Crippen molar-refractivity contribution in [2.24, 2.45) is 0 Å². The number of morpholine rings is 1. The zero-order chi connectivity index (χ0) is 17.4. The van der Waals surface area contributed by atoms with Crippen LogP contribution in [-0.4, -0.2) is 37.1 Å². The molecule has 25 heavy (non-hydrogen) atoms. The van der Waals surface area contributed by atoms with Gasteiger partial charge in [-0.1, -0.05) is 12.1 Å². The van der Waals surface area contributed by atoms with Gasteiger partial charge in [0.1, 0.15) is 11.3 Å². The molecule has 2 heterocycles. The first-order chi connectivity index (χ1) is 12.1. The largest absolute Gasteiger partial charge is 0.454 e. The first-order valence-electron chi connectivity index (χ1n) is 7.87. The zero-order valence-corrected chi connectivity index (χ0v) is 13.2. The highest BCUT2D eigenvalue weighted by atomic mass is 16.6. The quantitative estimate of drug-likeness (QED) is 0.667. The summed E-state index contributed by atoms with van der Waals surface area (Å²) in [5.74, 6) is 0.275. The molecule has 0 spiro atoms. The van der Waals surface area contributed by atoms with Gasteiger partial charge in [0, 0.05) is 19.2 Å². The van der Waals surface area contributed by atoms with Gasteiger partial charge < -0.3 is 19.7 Å². The summed E-state index contributed by atoms with van der Waals surface area (Å²) < 4.78 is 11.2. The van der Waals surface area contributed by atoms with Crippen molar-refractivity contribution in [3.63, 3.8) is 0 Å². The second kappa shape index (κ2) is 6.06. The van der Waals surface area contributed by atoms with E-state index in [1.165, 1.54) is 12.1 Å². The van der Waals surface area contributed by atoms with E-state index in [9.17, 15) is 14.9 Å². The van der Waals surface area contributed by atoms with E-state index in [1.54, 1.807) is 24.3 Å². The number of fused-ring (bicyclic) bond motifs is 2. The molecule has 0 atom stereocenters. The van der Waals surface area contributed by atoms with Crippen LogP contribution in [0.15, 0.2) is 36.4 Å². The maximum atomic E-state index is 12.8. The van der Waals surface area contributed by atoms with Crippen molar-refractivity contribution in [2.75, 3.05) is 36.5 Å². The summed E-state index contributed by atoms with van der Waals surface area (Å²) in [5.41, 5.74) is 1.19. The van der Waals surface area contributed by atoms with Gasteiger partial charge >= 0.3 is 0 Å². The van der Waals surface area contributed by atoms with Crippen LogP contribution in [0, 0.1) is 10.1 Å². The molecule has 0 saturated carbocycles. The fourth-order valence-corrected chi connectivity index (χ4v) is 3.02. The molecular weight excluding hydrogens is 326 g/mol. The van der Waals surface area contributed by atoms with Gasteiger partial charge in [0.05, 0.1) is 35.6 Å². The summed E-state index contributed by atoms with van der Waals surface area (Å²) in [6.45, 7) is 2.10. The van der Waals surface area contributed by atoms with Gasteiger partial charge in [-0.3, -0.25) is 14.9 Å². The monoisotopic (exact) mass is 341 g/mol. The van der Waals surface area contributed by atoms with Gasteiger partial charge in [0.2, 0.25) is 0 Å². The molecule has 8 heteroatoms. The lowest BCUT2D eigenvalue weighted by Crippen LogP contribution is -2.37. The number of nitrogens with zero attached hydrogens (tertiary/aromatic N) is 2. The van der Waals surface area contributed by atoms with E-state index in [0.717, 1.165) is 0 Å². The lowest BCUT2D eigenvalue weighted by molar-refractivity contribution is -0.384. The molecule has 2 aliphatic rings. The van der Waals surface area contributed by atoms with Crippen LogP contribution >= 0.6 is 0 Å². The highest BCUT2D eigenvalue weighted by Gasteiger charge is 2.30. The SMILES string of the molecule is O=C1Nc2ccccc2Oc2cc([N+](=O)[O-])cc(N3CCOCC3)c21. The maximum Gasteiger partial charge on any atom is 0.275 e. The summed E-state index contributed by atoms with van der Waals surface area (Å²) in [6.07, 6.45) is 0. The van der Waals surface area contributed by atoms with E-state index in [1.807, 2.05) is 4.90 Å². The highest BCUT2D eigenvalue weighted by molar-refractivity contribution is 6.12. The molecule has 8 nitrogen and oxygen atoms in total. The molecule has 1 fully saturated rings. The van der Waals surface area contributed by atoms with Crippen molar-refractivity contribution >= 4 is 23.0 Å². The minimum Gasteiger partial charge on any atom is -0.454 e. The second-order valence-electron chi connectivity index (χ2n) is 5.75. The Bertz CT molecular complexity index is 861. The van der Waals surface area contributed by atoms with Gasteiger partial charge in [-0.15, -0.1) is 0 Å². The Morgan fingerprint density at radius 3 is 2.64 bits per heavy atom. The number of carbonyl (C=O) groups is 1. The maximum absolute atomic E-state index is 12.8. The van der Waals surface area contributed by atoms with Gasteiger partial charge in [0.25, 0.3) is 11.6 Å². The number of carbonyl (C=O) groups excluding carboxylic acids is 1. The van der Waals surface area contributed by atoms with Crippen molar-refractivity contribution in [1.82, 2.24) is 0 Å². The van der Waals surface area contributed by atoms with E-state index in [4.69, 9.17) is 9.47 Å². The standard InChI is InChI=1S/C17H15N3O5/c21-17-16-13(19-5-7-24-8-6-19)9-11(20(22)23)10-15(16)25-14-4-2-1-3-12(14)18-17/h1-4,9-10H,5-8H2,(H,18,21). The Balaban J connectivity index is 1.89. The molecule has 2 aliphatic heterocycles. The summed E-state index contributed by atoms with van der Waals surface area (Å²) in [7, 11) is 0. The number of non-ortho nitro benzene ring substituents is 1. The summed E-state index contributed by atoms with van der Waals surface area (Å²) in [5, 5.41) is 14.2. The molecule has 128 valence electrons. The molecule has 0 radical (unpaired) electrons. The van der Waals surface area contributed by atoms with Crippen molar-refractivity contribution in [3.8, 4) is 11.5 Å². The third-order valence-electron chi connectivity index (χ3n) is 4.21. The smallest absolute Gasteiger partial charge is 0.275 e. The minimum absolute atomic E-state index is 0.118. The van der Waals surface area contributed by atoms with E-state index in [0.29, 0.717) is 49.0 Å². The Kier molecular flexibility index (Phi) is 3.73. The van der Waals surface area contributed by atoms with Gasteiger partial charge in [0.15, 0.2) is 5.75 Å². The van der Waals surface area contributed by atoms with E-state index < -0.39 is 4.92 Å². The number of para-hydroxylation sites is 2. The zero-order valence-electron chi connectivity index (χ0n) is 13.2. The fourth-order valence-electron chi connectivity index (χ4n) is 3.02. The van der Waals surface area contributed by atoms with Crippen molar-refractivity contribution in [1.29, 1.82) is 0 Å². The molecule has 1 N–H and O–H groups in total. The number of amides is 1. The molecule has 0 aliphatic carbocycles. The average molecular weight is 341 g/mol. The van der Waals surface area contributed by atoms with Crippen LogP contribution in [0.2, 0.25) is 0 Å². The summed E-state index contributed by atoms with van der Waals surface area (Å²) in [4.78, 5) is 25.6. The first kappa shape index (κ1) is 15.4. The normalized spacial score (nSPS) is 16.2. The predicted octanol–water partition coefficient (Wildman–Crippen LogP) is 2.79. The van der Waals surface area contributed by atoms with E-state index in [2.05, 4.69) is 5.32 Å². The molecule has 2 aromatic carbocycles. The van der Waals surface area contributed by atoms with Crippen LogP contribution in [-0.2, 0) is 4.74 Å². The number of nitro benzene ring substituents is 1. The Morgan fingerprint density at radius 2 is 1.88 bits per heavy atom.